The average molecular weight is 505 g/mol. The van der Waals surface area contributed by atoms with Gasteiger partial charge < -0.3 is 18.9 Å². The van der Waals surface area contributed by atoms with Crippen LogP contribution in [-0.4, -0.2) is 39.4 Å². The Kier molecular flexibility index (Phi) is 10.4. The van der Waals surface area contributed by atoms with E-state index >= 15 is 0 Å². The van der Waals surface area contributed by atoms with E-state index in [2.05, 4.69) is 38.3 Å². The molecule has 0 amide bonds. The quantitative estimate of drug-likeness (QED) is 0.152. The van der Waals surface area contributed by atoms with Crippen LogP contribution in [0, 0.1) is 5.92 Å². The summed E-state index contributed by atoms with van der Waals surface area (Å²) in [4.78, 5) is 24.7. The van der Waals surface area contributed by atoms with Crippen molar-refractivity contribution >= 4 is 11.9 Å². The van der Waals surface area contributed by atoms with Crippen LogP contribution in [-0.2, 0) is 19.1 Å². The molecule has 1 aliphatic carbocycles. The average Bonchev–Trinajstić information content (AvgIpc) is 2.90. The van der Waals surface area contributed by atoms with Crippen molar-refractivity contribution in [3.8, 4) is 22.6 Å². The summed E-state index contributed by atoms with van der Waals surface area (Å²) in [6, 6.07) is 13.2. The number of allylic oxidation sites excluding steroid dienone is 2. The van der Waals surface area contributed by atoms with Crippen molar-refractivity contribution in [2.24, 2.45) is 5.92 Å². The first-order valence-electron chi connectivity index (χ1n) is 12.5. The first-order chi connectivity index (χ1) is 17.9. The Balaban J connectivity index is 1.84. The molecule has 3 rings (SSSR count). The van der Waals surface area contributed by atoms with Crippen LogP contribution in [0.3, 0.4) is 0 Å². The van der Waals surface area contributed by atoms with Crippen LogP contribution in [0.5, 0.6) is 11.5 Å². The summed E-state index contributed by atoms with van der Waals surface area (Å²) >= 11 is 0. The maximum absolute atomic E-state index is 12.6. The van der Waals surface area contributed by atoms with Crippen molar-refractivity contribution in [2.45, 2.75) is 38.5 Å². The molecular weight excluding hydrogens is 468 g/mol. The van der Waals surface area contributed by atoms with E-state index in [1.165, 1.54) is 14.2 Å². The molecule has 196 valence electrons. The van der Waals surface area contributed by atoms with Crippen LogP contribution in [0.25, 0.3) is 11.1 Å². The minimum atomic E-state index is -0.522. The van der Waals surface area contributed by atoms with Gasteiger partial charge in [0.1, 0.15) is 11.5 Å². The zero-order chi connectivity index (χ0) is 26.8. The zero-order valence-corrected chi connectivity index (χ0v) is 22.0. The minimum absolute atomic E-state index is 0.117. The zero-order valence-electron chi connectivity index (χ0n) is 22.0. The lowest BCUT2D eigenvalue weighted by Gasteiger charge is -2.28. The van der Waals surface area contributed by atoms with Gasteiger partial charge in [-0.2, -0.15) is 0 Å². The molecule has 1 saturated carbocycles. The summed E-state index contributed by atoms with van der Waals surface area (Å²) in [6.07, 6.45) is 8.62. The molecule has 0 radical (unpaired) electrons. The van der Waals surface area contributed by atoms with Crippen molar-refractivity contribution in [3.63, 3.8) is 0 Å². The van der Waals surface area contributed by atoms with Crippen molar-refractivity contribution in [3.05, 3.63) is 84.5 Å². The predicted octanol–water partition coefficient (Wildman–Crippen LogP) is 6.42. The van der Waals surface area contributed by atoms with E-state index in [4.69, 9.17) is 18.9 Å². The maximum atomic E-state index is 12.6. The first kappa shape index (κ1) is 28.1. The predicted molar refractivity (Wildman–Crippen MR) is 145 cm³/mol. The van der Waals surface area contributed by atoms with Crippen LogP contribution < -0.4 is 9.47 Å². The summed E-state index contributed by atoms with van der Waals surface area (Å²) in [6.45, 7) is 9.74. The van der Waals surface area contributed by atoms with E-state index in [1.807, 2.05) is 24.3 Å². The lowest BCUT2D eigenvalue weighted by Crippen LogP contribution is -2.17. The second-order valence-electron chi connectivity index (χ2n) is 9.27. The van der Waals surface area contributed by atoms with Gasteiger partial charge >= 0.3 is 11.9 Å². The van der Waals surface area contributed by atoms with Gasteiger partial charge in [0.25, 0.3) is 0 Å². The lowest BCUT2D eigenvalue weighted by atomic mass is 9.78. The van der Waals surface area contributed by atoms with Gasteiger partial charge in [0.2, 0.25) is 0 Å². The monoisotopic (exact) mass is 504 g/mol. The smallest absolute Gasteiger partial charge is 0.341 e. The van der Waals surface area contributed by atoms with Crippen LogP contribution in [0.2, 0.25) is 0 Å². The molecule has 37 heavy (non-hydrogen) atoms. The van der Waals surface area contributed by atoms with Gasteiger partial charge in [-0.3, -0.25) is 0 Å². The van der Waals surface area contributed by atoms with Crippen molar-refractivity contribution in [1.29, 1.82) is 0 Å². The lowest BCUT2D eigenvalue weighted by molar-refractivity contribution is -0.131. The highest BCUT2D eigenvalue weighted by atomic mass is 16.5. The molecule has 0 saturated heterocycles. The van der Waals surface area contributed by atoms with Gasteiger partial charge in [-0.25, -0.2) is 9.59 Å². The van der Waals surface area contributed by atoms with E-state index in [9.17, 15) is 9.59 Å². The molecular formula is C31H36O6. The number of carbonyl (C=O) groups is 2. The molecule has 0 bridgehead atoms. The third kappa shape index (κ3) is 7.75. The molecule has 0 unspecified atom stereocenters. The number of hydrogen-bond donors (Lipinski definition) is 0. The van der Waals surface area contributed by atoms with Crippen molar-refractivity contribution < 1.29 is 28.5 Å². The standard InChI is InChI=1S/C31H36O6/c1-6-7-23-8-10-25(11-9-23)28-18-26(14-17-29(28)37-31(33)22(3)20-35-5)24-12-15-27(16-13-24)36-30(32)21(2)19-34-4/h6-7,12-18,23,25H,2-3,8-11,19-20H2,1,4-5H3/b7-6+. The van der Waals surface area contributed by atoms with Crippen LogP contribution in [0.1, 0.15) is 44.1 Å². The third-order valence-corrected chi connectivity index (χ3v) is 6.50. The summed E-state index contributed by atoms with van der Waals surface area (Å²) in [7, 11) is 3.02. The Morgan fingerprint density at radius 1 is 0.838 bits per heavy atom. The fourth-order valence-electron chi connectivity index (χ4n) is 4.57. The summed E-state index contributed by atoms with van der Waals surface area (Å²) in [5.41, 5.74) is 3.48. The second-order valence-corrected chi connectivity index (χ2v) is 9.27. The van der Waals surface area contributed by atoms with Gasteiger partial charge in [0.05, 0.1) is 24.4 Å². The highest BCUT2D eigenvalue weighted by Gasteiger charge is 2.25. The highest BCUT2D eigenvalue weighted by molar-refractivity contribution is 5.90. The van der Waals surface area contributed by atoms with Gasteiger partial charge in [0.15, 0.2) is 0 Å². The fraction of sp³-hybridized carbons (Fsp3) is 0.355. The maximum Gasteiger partial charge on any atom is 0.341 e. The van der Waals surface area contributed by atoms with Gasteiger partial charge in [0, 0.05) is 14.2 Å². The minimum Gasteiger partial charge on any atom is -0.423 e. The Bertz CT molecular complexity index is 1140. The fourth-order valence-corrected chi connectivity index (χ4v) is 4.57. The number of benzene rings is 2. The molecule has 0 spiro atoms. The van der Waals surface area contributed by atoms with Crippen LogP contribution in [0.4, 0.5) is 0 Å². The Labute approximate surface area is 219 Å². The number of ether oxygens (including phenoxy) is 4. The summed E-state index contributed by atoms with van der Waals surface area (Å²) in [5.74, 6) is 0.851. The molecule has 1 fully saturated rings. The van der Waals surface area contributed by atoms with E-state index in [0.29, 0.717) is 17.4 Å². The molecule has 0 atom stereocenters. The molecule has 2 aromatic carbocycles. The molecule has 0 heterocycles. The van der Waals surface area contributed by atoms with Crippen molar-refractivity contribution in [2.75, 3.05) is 27.4 Å². The molecule has 6 nitrogen and oxygen atoms in total. The molecule has 0 aromatic heterocycles. The van der Waals surface area contributed by atoms with E-state index in [0.717, 1.165) is 42.4 Å². The van der Waals surface area contributed by atoms with Crippen LogP contribution in [0.15, 0.2) is 78.9 Å². The van der Waals surface area contributed by atoms with E-state index in [1.54, 1.807) is 12.1 Å². The molecule has 1 aliphatic rings. The molecule has 6 heteroatoms. The van der Waals surface area contributed by atoms with Gasteiger partial charge in [-0.1, -0.05) is 43.5 Å². The number of methoxy groups -OCH3 is 2. The number of hydrogen-bond acceptors (Lipinski definition) is 6. The molecule has 0 N–H and O–H groups in total. The normalized spacial score (nSPS) is 17.4. The topological polar surface area (TPSA) is 71.1 Å². The van der Waals surface area contributed by atoms with Gasteiger partial charge in [-0.15, -0.1) is 0 Å². The Morgan fingerprint density at radius 3 is 1.97 bits per heavy atom. The van der Waals surface area contributed by atoms with Crippen molar-refractivity contribution in [1.82, 2.24) is 0 Å². The molecule has 0 aliphatic heterocycles. The Morgan fingerprint density at radius 2 is 1.41 bits per heavy atom. The number of esters is 2. The molecule has 2 aromatic rings. The summed E-state index contributed by atoms with van der Waals surface area (Å²) in [5, 5.41) is 0. The number of carbonyl (C=O) groups excluding carboxylic acids is 2. The first-order valence-corrected chi connectivity index (χ1v) is 12.5. The largest absolute Gasteiger partial charge is 0.423 e. The van der Waals surface area contributed by atoms with Gasteiger partial charge in [-0.05, 0) is 85.4 Å². The SMILES string of the molecule is C=C(COC)C(=O)Oc1ccc(-c2ccc(OC(=O)C(=C)COC)c(C3CCC(/C=C/C)CC3)c2)cc1. The third-order valence-electron chi connectivity index (χ3n) is 6.50. The highest BCUT2D eigenvalue weighted by Crippen LogP contribution is 2.42. The van der Waals surface area contributed by atoms with E-state index < -0.39 is 11.9 Å². The summed E-state index contributed by atoms with van der Waals surface area (Å²) < 4.78 is 21.1. The second kappa shape index (κ2) is 13.7. The van der Waals surface area contributed by atoms with E-state index in [-0.39, 0.29) is 30.3 Å². The Hall–Kier alpha value is -3.48. The van der Waals surface area contributed by atoms with Crippen LogP contribution >= 0.6 is 0 Å². The number of rotatable bonds is 11.